The first-order valence-electron chi connectivity index (χ1n) is 7.43. The standard InChI is InChI=1S/C17H20N2O3S/c1-5-11(2)22-13-8-6-12(7-9-13)10-14-15(20)18(3)17(23)19(4)16(14)21/h6-11H,5H2,1-4H3. The van der Waals surface area contributed by atoms with Crippen molar-refractivity contribution >= 4 is 35.2 Å². The Kier molecular flexibility index (Phi) is 5.15. The van der Waals surface area contributed by atoms with Crippen LogP contribution in [0.3, 0.4) is 0 Å². The summed E-state index contributed by atoms with van der Waals surface area (Å²) in [7, 11) is 3.12. The van der Waals surface area contributed by atoms with Crippen molar-refractivity contribution in [3.8, 4) is 5.75 Å². The average Bonchev–Trinajstić information content (AvgIpc) is 2.56. The summed E-state index contributed by atoms with van der Waals surface area (Å²) >= 11 is 5.06. The molecule has 1 heterocycles. The number of benzene rings is 1. The first-order chi connectivity index (χ1) is 10.8. The molecule has 2 rings (SSSR count). The minimum absolute atomic E-state index is 0.0965. The molecule has 0 saturated carbocycles. The molecule has 0 bridgehead atoms. The van der Waals surface area contributed by atoms with Gasteiger partial charge in [0.05, 0.1) is 6.10 Å². The summed E-state index contributed by atoms with van der Waals surface area (Å²) in [5, 5.41) is 0.203. The van der Waals surface area contributed by atoms with Gasteiger partial charge in [0.2, 0.25) is 0 Å². The largest absolute Gasteiger partial charge is 0.491 e. The van der Waals surface area contributed by atoms with Gasteiger partial charge in [-0.2, -0.15) is 0 Å². The molecule has 2 amide bonds. The van der Waals surface area contributed by atoms with Gasteiger partial charge in [0.25, 0.3) is 11.8 Å². The Balaban J connectivity index is 2.25. The van der Waals surface area contributed by atoms with Gasteiger partial charge in [-0.25, -0.2) is 0 Å². The number of hydrogen-bond donors (Lipinski definition) is 0. The van der Waals surface area contributed by atoms with Crippen molar-refractivity contribution in [1.29, 1.82) is 0 Å². The van der Waals surface area contributed by atoms with Crippen LogP contribution < -0.4 is 4.74 Å². The minimum atomic E-state index is -0.391. The number of likely N-dealkylation sites (N-methyl/N-ethyl adjacent to an activating group) is 2. The van der Waals surface area contributed by atoms with Gasteiger partial charge < -0.3 is 4.74 Å². The van der Waals surface area contributed by atoms with Crippen molar-refractivity contribution in [2.75, 3.05) is 14.1 Å². The molecule has 6 heteroatoms. The third kappa shape index (κ3) is 3.59. The van der Waals surface area contributed by atoms with Crippen LogP contribution in [-0.2, 0) is 9.59 Å². The Hall–Kier alpha value is -2.21. The zero-order chi connectivity index (χ0) is 17.1. The molecule has 1 aromatic rings. The highest BCUT2D eigenvalue weighted by molar-refractivity contribution is 7.80. The quantitative estimate of drug-likeness (QED) is 0.483. The average molecular weight is 332 g/mol. The first-order valence-corrected chi connectivity index (χ1v) is 7.84. The lowest BCUT2D eigenvalue weighted by atomic mass is 10.1. The number of carbonyl (C=O) groups excluding carboxylic acids is 2. The Morgan fingerprint density at radius 1 is 1.13 bits per heavy atom. The normalized spacial score (nSPS) is 16.7. The third-order valence-corrected chi connectivity index (χ3v) is 4.29. The second-order valence-corrected chi connectivity index (χ2v) is 5.84. The Labute approximate surface area is 141 Å². The van der Waals surface area contributed by atoms with E-state index in [0.717, 1.165) is 17.7 Å². The lowest BCUT2D eigenvalue weighted by Crippen LogP contribution is -2.52. The second kappa shape index (κ2) is 6.91. The number of thiocarbonyl (C=S) groups is 1. The van der Waals surface area contributed by atoms with Crippen molar-refractivity contribution in [2.45, 2.75) is 26.4 Å². The van der Waals surface area contributed by atoms with Gasteiger partial charge in [-0.05, 0) is 49.3 Å². The van der Waals surface area contributed by atoms with Gasteiger partial charge in [-0.1, -0.05) is 19.1 Å². The molecule has 23 heavy (non-hydrogen) atoms. The zero-order valence-corrected chi connectivity index (χ0v) is 14.5. The number of amides is 2. The molecule has 0 spiro atoms. The lowest BCUT2D eigenvalue weighted by molar-refractivity contribution is -0.132. The van der Waals surface area contributed by atoms with Crippen LogP contribution in [-0.4, -0.2) is 46.9 Å². The predicted octanol–water partition coefficient (Wildman–Crippen LogP) is 2.46. The summed E-state index contributed by atoms with van der Waals surface area (Å²) in [6, 6.07) is 7.29. The van der Waals surface area contributed by atoms with Crippen molar-refractivity contribution < 1.29 is 14.3 Å². The zero-order valence-electron chi connectivity index (χ0n) is 13.7. The Morgan fingerprint density at radius 2 is 1.65 bits per heavy atom. The summed E-state index contributed by atoms with van der Waals surface area (Å²) in [5.74, 6) is -0.0192. The lowest BCUT2D eigenvalue weighted by Gasteiger charge is -2.31. The van der Waals surface area contributed by atoms with Crippen LogP contribution in [0.2, 0.25) is 0 Å². The molecule has 122 valence electrons. The Bertz CT molecular complexity index is 641. The fourth-order valence-corrected chi connectivity index (χ4v) is 2.27. The highest BCUT2D eigenvalue weighted by Gasteiger charge is 2.35. The summed E-state index contributed by atoms with van der Waals surface area (Å²) in [4.78, 5) is 27.1. The molecule has 0 aliphatic carbocycles. The fourth-order valence-electron chi connectivity index (χ4n) is 2.10. The van der Waals surface area contributed by atoms with Crippen LogP contribution in [0.1, 0.15) is 25.8 Å². The summed E-state index contributed by atoms with van der Waals surface area (Å²) in [5.41, 5.74) is 0.854. The van der Waals surface area contributed by atoms with E-state index >= 15 is 0 Å². The van der Waals surface area contributed by atoms with Gasteiger partial charge in [0, 0.05) is 14.1 Å². The number of rotatable bonds is 4. The number of ether oxygens (including phenoxy) is 1. The summed E-state index contributed by atoms with van der Waals surface area (Å²) in [6.45, 7) is 4.06. The molecule has 0 radical (unpaired) electrons. The maximum Gasteiger partial charge on any atom is 0.265 e. The first kappa shape index (κ1) is 17.1. The highest BCUT2D eigenvalue weighted by atomic mass is 32.1. The smallest absolute Gasteiger partial charge is 0.265 e. The van der Waals surface area contributed by atoms with E-state index in [-0.39, 0.29) is 16.8 Å². The molecule has 1 aromatic carbocycles. The molecule has 5 nitrogen and oxygen atoms in total. The molecule has 1 unspecified atom stereocenters. The van der Waals surface area contributed by atoms with Crippen LogP contribution in [0, 0.1) is 0 Å². The van der Waals surface area contributed by atoms with E-state index in [0.29, 0.717) is 0 Å². The molecule has 0 N–H and O–H groups in total. The van der Waals surface area contributed by atoms with Gasteiger partial charge in [0.15, 0.2) is 5.11 Å². The summed E-state index contributed by atoms with van der Waals surface area (Å²) in [6.07, 6.45) is 2.64. The molecule has 1 fully saturated rings. The van der Waals surface area contributed by atoms with Gasteiger partial charge in [-0.15, -0.1) is 0 Å². The molecule has 1 saturated heterocycles. The highest BCUT2D eigenvalue weighted by Crippen LogP contribution is 2.20. The van der Waals surface area contributed by atoms with E-state index in [9.17, 15) is 9.59 Å². The molecular formula is C17H20N2O3S. The SMILES string of the molecule is CCC(C)Oc1ccc(C=C2C(=O)N(C)C(=S)N(C)C2=O)cc1. The molecule has 1 atom stereocenters. The van der Waals surface area contributed by atoms with Crippen molar-refractivity contribution in [2.24, 2.45) is 0 Å². The van der Waals surface area contributed by atoms with Crippen molar-refractivity contribution in [1.82, 2.24) is 9.80 Å². The molecular weight excluding hydrogens is 312 g/mol. The van der Waals surface area contributed by atoms with E-state index in [1.54, 1.807) is 20.2 Å². The van der Waals surface area contributed by atoms with Gasteiger partial charge in [-0.3, -0.25) is 19.4 Å². The molecule has 1 aliphatic rings. The fraction of sp³-hybridized carbons (Fsp3) is 0.353. The number of carbonyl (C=O) groups is 2. The molecule has 0 aromatic heterocycles. The topological polar surface area (TPSA) is 49.9 Å². The van der Waals surface area contributed by atoms with Crippen LogP contribution in [0.4, 0.5) is 0 Å². The van der Waals surface area contributed by atoms with Gasteiger partial charge >= 0.3 is 0 Å². The minimum Gasteiger partial charge on any atom is -0.491 e. The van der Waals surface area contributed by atoms with E-state index in [1.165, 1.54) is 9.80 Å². The maximum absolute atomic E-state index is 12.2. The van der Waals surface area contributed by atoms with E-state index in [1.807, 2.05) is 31.2 Å². The van der Waals surface area contributed by atoms with Crippen LogP contribution in [0.15, 0.2) is 29.8 Å². The Morgan fingerprint density at radius 3 is 2.13 bits per heavy atom. The van der Waals surface area contributed by atoms with Crippen LogP contribution in [0.25, 0.3) is 6.08 Å². The van der Waals surface area contributed by atoms with E-state index in [2.05, 4.69) is 6.92 Å². The van der Waals surface area contributed by atoms with Gasteiger partial charge in [0.1, 0.15) is 11.3 Å². The van der Waals surface area contributed by atoms with Crippen LogP contribution in [0.5, 0.6) is 5.75 Å². The maximum atomic E-state index is 12.2. The number of hydrogen-bond acceptors (Lipinski definition) is 4. The molecule has 1 aliphatic heterocycles. The van der Waals surface area contributed by atoms with Crippen LogP contribution >= 0.6 is 12.2 Å². The second-order valence-electron chi connectivity index (χ2n) is 5.47. The van der Waals surface area contributed by atoms with Crippen molar-refractivity contribution in [3.63, 3.8) is 0 Å². The monoisotopic (exact) mass is 332 g/mol. The van der Waals surface area contributed by atoms with E-state index < -0.39 is 11.8 Å². The summed E-state index contributed by atoms with van der Waals surface area (Å²) < 4.78 is 5.71. The third-order valence-electron chi connectivity index (χ3n) is 3.75. The predicted molar refractivity (Wildman–Crippen MR) is 92.9 cm³/mol. The van der Waals surface area contributed by atoms with E-state index in [4.69, 9.17) is 17.0 Å². The van der Waals surface area contributed by atoms with Crippen molar-refractivity contribution in [3.05, 3.63) is 35.4 Å². The number of nitrogens with zero attached hydrogens (tertiary/aromatic N) is 2.